The number of hydrogen-bond donors (Lipinski definition) is 2. The molecule has 1 aromatic heterocycles. The molecule has 344 valence electrons. The SMILES string of the molecule is CC(C)(C)OC(=O)NCCCn1cc(-c2ccc(OC(F)(F)F)cc2)c2cc(C(=O)N3CCC(CN4CCN(c5ccc6c(c5)C(=O)N(C5CCC(=O)NC5=O)C6=O)CC4)CC3)ccc21. The van der Waals surface area contributed by atoms with Crippen molar-refractivity contribution in [3.63, 3.8) is 0 Å². The Balaban J connectivity index is 0.868. The van der Waals surface area contributed by atoms with Crippen LogP contribution in [-0.4, -0.2) is 125 Å². The number of imide groups is 2. The van der Waals surface area contributed by atoms with Crippen LogP contribution in [0.3, 0.4) is 0 Å². The van der Waals surface area contributed by atoms with Gasteiger partial charge in [0, 0.05) is 99.2 Å². The monoisotopic (exact) mass is 899 g/mol. The van der Waals surface area contributed by atoms with E-state index in [0.29, 0.717) is 49.6 Å². The largest absolute Gasteiger partial charge is 0.573 e. The van der Waals surface area contributed by atoms with Crippen molar-refractivity contribution in [2.75, 3.05) is 57.3 Å². The molecule has 0 bridgehead atoms. The van der Waals surface area contributed by atoms with Gasteiger partial charge in [0.15, 0.2) is 0 Å². The van der Waals surface area contributed by atoms with Gasteiger partial charge in [-0.05, 0) is 106 Å². The highest BCUT2D eigenvalue weighted by molar-refractivity contribution is 6.23. The van der Waals surface area contributed by atoms with Crippen LogP contribution >= 0.6 is 0 Å². The molecule has 4 aliphatic rings. The van der Waals surface area contributed by atoms with Crippen molar-refractivity contribution in [2.45, 2.75) is 77.4 Å². The molecule has 65 heavy (non-hydrogen) atoms. The maximum atomic E-state index is 14.0. The number of hydrogen-bond acceptors (Lipinski definition) is 10. The van der Waals surface area contributed by atoms with Crippen molar-refractivity contribution in [2.24, 2.45) is 5.92 Å². The third kappa shape index (κ3) is 10.3. The smallest absolute Gasteiger partial charge is 0.444 e. The number of likely N-dealkylation sites (tertiary alicyclic amines) is 1. The summed E-state index contributed by atoms with van der Waals surface area (Å²) in [6.07, 6.45) is -1.02. The van der Waals surface area contributed by atoms with E-state index in [1.807, 2.05) is 33.9 Å². The van der Waals surface area contributed by atoms with Crippen LogP contribution < -0.4 is 20.3 Å². The van der Waals surface area contributed by atoms with E-state index >= 15 is 0 Å². The maximum Gasteiger partial charge on any atom is 0.573 e. The first-order chi connectivity index (χ1) is 30.9. The Hall–Kier alpha value is -6.43. The first kappa shape index (κ1) is 45.1. The average molecular weight is 900 g/mol. The third-order valence-electron chi connectivity index (χ3n) is 12.3. The molecule has 5 heterocycles. The number of fused-ring (bicyclic) bond motifs is 2. The first-order valence-electron chi connectivity index (χ1n) is 22.0. The molecule has 0 radical (unpaired) electrons. The van der Waals surface area contributed by atoms with Gasteiger partial charge in [-0.3, -0.25) is 39.1 Å². The van der Waals surface area contributed by atoms with E-state index in [4.69, 9.17) is 4.74 Å². The van der Waals surface area contributed by atoms with Crippen LogP contribution in [0.5, 0.6) is 5.75 Å². The lowest BCUT2D eigenvalue weighted by molar-refractivity contribution is -0.274. The summed E-state index contributed by atoms with van der Waals surface area (Å²) in [7, 11) is 0. The molecule has 0 aliphatic carbocycles. The van der Waals surface area contributed by atoms with Gasteiger partial charge < -0.3 is 29.2 Å². The zero-order chi connectivity index (χ0) is 46.2. The minimum atomic E-state index is -4.82. The number of nitrogens with zero attached hydrogens (tertiary/aromatic N) is 5. The van der Waals surface area contributed by atoms with Crippen molar-refractivity contribution in [3.8, 4) is 16.9 Å². The van der Waals surface area contributed by atoms with Crippen molar-refractivity contribution in [1.29, 1.82) is 0 Å². The van der Waals surface area contributed by atoms with E-state index in [-0.39, 0.29) is 35.6 Å². The average Bonchev–Trinajstić information content (AvgIpc) is 3.74. The molecule has 0 saturated carbocycles. The number of nitrogens with one attached hydrogen (secondary N) is 2. The second kappa shape index (κ2) is 18.2. The van der Waals surface area contributed by atoms with Crippen molar-refractivity contribution < 1.29 is 51.4 Å². The number of rotatable bonds is 11. The van der Waals surface area contributed by atoms with Crippen LogP contribution in [0.2, 0.25) is 0 Å². The minimum absolute atomic E-state index is 0.0594. The molecule has 4 aromatic rings. The molecule has 3 saturated heterocycles. The highest BCUT2D eigenvalue weighted by Crippen LogP contribution is 2.35. The fourth-order valence-corrected chi connectivity index (χ4v) is 9.15. The molecule has 3 fully saturated rings. The van der Waals surface area contributed by atoms with E-state index in [9.17, 15) is 41.9 Å². The molecule has 15 nitrogen and oxygen atoms in total. The number of aromatic nitrogens is 1. The molecule has 1 unspecified atom stereocenters. The summed E-state index contributed by atoms with van der Waals surface area (Å²) < 4.78 is 50.1. The van der Waals surface area contributed by atoms with Crippen LogP contribution in [-0.2, 0) is 20.9 Å². The normalized spacial score (nSPS) is 18.9. The molecule has 3 aromatic carbocycles. The predicted octanol–water partition coefficient (Wildman–Crippen LogP) is 6.20. The van der Waals surface area contributed by atoms with Gasteiger partial charge in [-0.1, -0.05) is 12.1 Å². The molecule has 0 spiro atoms. The zero-order valence-electron chi connectivity index (χ0n) is 36.5. The Bertz CT molecular complexity index is 2500. The highest BCUT2D eigenvalue weighted by Gasteiger charge is 2.45. The van der Waals surface area contributed by atoms with Gasteiger partial charge in [0.2, 0.25) is 11.8 Å². The number of halogens is 3. The van der Waals surface area contributed by atoms with E-state index in [0.717, 1.165) is 72.6 Å². The Labute approximate surface area is 373 Å². The lowest BCUT2D eigenvalue weighted by Crippen LogP contribution is -2.54. The molecular weight excluding hydrogens is 848 g/mol. The summed E-state index contributed by atoms with van der Waals surface area (Å²) in [5, 5.41) is 5.76. The number of amides is 6. The number of alkyl halides is 3. The summed E-state index contributed by atoms with van der Waals surface area (Å²) in [6, 6.07) is 15.4. The van der Waals surface area contributed by atoms with E-state index < -0.39 is 47.7 Å². The minimum Gasteiger partial charge on any atom is -0.444 e. The van der Waals surface area contributed by atoms with Gasteiger partial charge in [0.25, 0.3) is 17.7 Å². The molecule has 6 amide bonds. The van der Waals surface area contributed by atoms with Gasteiger partial charge in [-0.15, -0.1) is 13.2 Å². The molecule has 8 rings (SSSR count). The highest BCUT2D eigenvalue weighted by atomic mass is 19.4. The number of aryl methyl sites for hydroxylation is 1. The summed E-state index contributed by atoms with van der Waals surface area (Å²) >= 11 is 0. The van der Waals surface area contributed by atoms with E-state index in [2.05, 4.69) is 25.2 Å². The van der Waals surface area contributed by atoms with Crippen LogP contribution in [0.15, 0.2) is 66.9 Å². The quantitative estimate of drug-likeness (QED) is 0.131. The predicted molar refractivity (Wildman–Crippen MR) is 233 cm³/mol. The zero-order valence-corrected chi connectivity index (χ0v) is 36.5. The second-order valence-corrected chi connectivity index (χ2v) is 18.0. The number of ether oxygens (including phenoxy) is 2. The standard InChI is InChI=1S/C47H52F3N7O8/c1-46(2,3)65-45(63)51-17-4-18-56-28-37(30-5-9-33(10-6-30)64-47(48,49)50)35-25-31(7-12-38(35)56)42(60)55-19-15-29(16-20-55)27-53-21-23-54(24-22-53)32-8-11-34-36(26-32)44(62)57(43(34)61)39-13-14-40(58)52-41(39)59/h5-12,25-26,28-29,39H,4,13-24,27H2,1-3H3,(H,51,63)(H,52,58,59). The summed E-state index contributed by atoms with van der Waals surface area (Å²) in [5.74, 6) is -2.16. The van der Waals surface area contributed by atoms with Crippen LogP contribution in [0, 0.1) is 5.92 Å². The molecule has 18 heteroatoms. The van der Waals surface area contributed by atoms with Gasteiger partial charge in [0.05, 0.1) is 11.1 Å². The number of carbonyl (C=O) groups is 6. The molecule has 1 atom stereocenters. The Morgan fingerprint density at radius 1 is 0.815 bits per heavy atom. The topological polar surface area (TPSA) is 163 Å². The number of carbonyl (C=O) groups excluding carboxylic acids is 6. The molecule has 2 N–H and O–H groups in total. The lowest BCUT2D eigenvalue weighted by atomic mass is 9.95. The van der Waals surface area contributed by atoms with E-state index in [1.54, 1.807) is 51.1 Å². The maximum absolute atomic E-state index is 14.0. The van der Waals surface area contributed by atoms with Crippen molar-refractivity contribution in [3.05, 3.63) is 83.6 Å². The second-order valence-electron chi connectivity index (χ2n) is 18.0. The third-order valence-corrected chi connectivity index (χ3v) is 12.3. The Kier molecular flexibility index (Phi) is 12.7. The molecule has 4 aliphatic heterocycles. The lowest BCUT2D eigenvalue weighted by Gasteiger charge is -2.39. The van der Waals surface area contributed by atoms with Gasteiger partial charge >= 0.3 is 12.5 Å². The Morgan fingerprint density at radius 3 is 2.20 bits per heavy atom. The Morgan fingerprint density at radius 2 is 1.52 bits per heavy atom. The summed E-state index contributed by atoms with van der Waals surface area (Å²) in [6.45, 7) is 11.3. The van der Waals surface area contributed by atoms with E-state index in [1.165, 1.54) is 12.1 Å². The van der Waals surface area contributed by atoms with Crippen LogP contribution in [0.4, 0.5) is 23.7 Å². The summed E-state index contributed by atoms with van der Waals surface area (Å²) in [4.78, 5) is 84.3. The van der Waals surface area contributed by atoms with Gasteiger partial charge in [-0.25, -0.2) is 4.79 Å². The van der Waals surface area contributed by atoms with Crippen LogP contribution in [0.25, 0.3) is 22.0 Å². The van der Waals surface area contributed by atoms with Gasteiger partial charge in [0.1, 0.15) is 17.4 Å². The number of piperidine rings is 2. The number of benzene rings is 3. The van der Waals surface area contributed by atoms with Crippen molar-refractivity contribution in [1.82, 2.24) is 29.9 Å². The fourth-order valence-electron chi connectivity index (χ4n) is 9.15. The van der Waals surface area contributed by atoms with Crippen LogP contribution in [0.1, 0.15) is 83.9 Å². The van der Waals surface area contributed by atoms with Gasteiger partial charge in [-0.2, -0.15) is 0 Å². The number of piperazine rings is 1. The molecular formula is C47H52F3N7O8. The summed E-state index contributed by atoms with van der Waals surface area (Å²) in [5.41, 5.74) is 3.44. The number of anilines is 1. The first-order valence-corrected chi connectivity index (χ1v) is 22.0. The fraction of sp³-hybridized carbons (Fsp3) is 0.447. The van der Waals surface area contributed by atoms with Crippen molar-refractivity contribution >= 4 is 52.2 Å². The number of alkyl carbamates (subject to hydrolysis) is 1.